The third-order valence-electron chi connectivity index (χ3n) is 5.49. The highest BCUT2D eigenvalue weighted by Crippen LogP contribution is 2.29. The molecule has 2 rings (SSSR count). The van der Waals surface area contributed by atoms with Gasteiger partial charge < -0.3 is 14.4 Å². The molecule has 0 N–H and O–H groups in total. The fourth-order valence-corrected chi connectivity index (χ4v) is 3.60. The zero-order valence-electron chi connectivity index (χ0n) is 16.1. The maximum Gasteiger partial charge on any atom is 0.0700 e. The van der Waals surface area contributed by atoms with Gasteiger partial charge in [0.25, 0.3) is 0 Å². The van der Waals surface area contributed by atoms with Crippen LogP contribution < -0.4 is 0 Å². The van der Waals surface area contributed by atoms with E-state index in [2.05, 4.69) is 30.9 Å². The number of nitrogens with zero attached hydrogens (tertiary/aromatic N) is 1. The Morgan fingerprint density at radius 2 is 1.76 bits per heavy atom. The van der Waals surface area contributed by atoms with Gasteiger partial charge in [-0.1, -0.05) is 37.6 Å². The monoisotopic (exact) mass is 367 g/mol. The number of hydrogen-bond donors (Lipinski definition) is 0. The van der Waals surface area contributed by atoms with Gasteiger partial charge in [0, 0.05) is 18.7 Å². The van der Waals surface area contributed by atoms with Crippen LogP contribution in [0.25, 0.3) is 0 Å². The summed E-state index contributed by atoms with van der Waals surface area (Å²) in [5, 5.41) is 0.813. The van der Waals surface area contributed by atoms with Crippen LogP contribution in [0.1, 0.15) is 45.1 Å². The number of rotatable bonds is 10. The lowest BCUT2D eigenvalue weighted by molar-refractivity contribution is 0.0571. The van der Waals surface area contributed by atoms with Crippen molar-refractivity contribution < 1.29 is 9.47 Å². The number of likely N-dealkylation sites (tertiary alicyclic amines) is 1. The average Bonchev–Trinajstić information content (AvgIpc) is 2.61. The number of hydrogen-bond acceptors (Lipinski definition) is 3. The van der Waals surface area contributed by atoms with E-state index >= 15 is 0 Å². The van der Waals surface area contributed by atoms with Crippen molar-refractivity contribution in [2.24, 2.45) is 5.92 Å². The molecule has 1 heterocycles. The predicted octanol–water partition coefficient (Wildman–Crippen LogP) is 4.77. The molecule has 1 aliphatic heterocycles. The summed E-state index contributed by atoms with van der Waals surface area (Å²) in [7, 11) is 1.72. The van der Waals surface area contributed by atoms with E-state index < -0.39 is 0 Å². The van der Waals surface area contributed by atoms with Crippen LogP contribution in [0, 0.1) is 5.92 Å². The number of benzene rings is 1. The normalized spacial score (nSPS) is 17.1. The van der Waals surface area contributed by atoms with Gasteiger partial charge in [0.1, 0.15) is 0 Å². The summed E-state index contributed by atoms with van der Waals surface area (Å²) in [6, 6.07) is 8.33. The smallest absolute Gasteiger partial charge is 0.0700 e. The molecular formula is C21H34ClNO2. The molecule has 1 aromatic carbocycles. The second-order valence-electron chi connectivity index (χ2n) is 7.82. The van der Waals surface area contributed by atoms with Gasteiger partial charge in [0.15, 0.2) is 0 Å². The lowest BCUT2D eigenvalue weighted by Crippen LogP contribution is -2.37. The summed E-state index contributed by atoms with van der Waals surface area (Å²) in [6.07, 6.45) is 4.97. The number of methoxy groups -OCH3 is 1. The maximum absolute atomic E-state index is 6.01. The molecule has 1 aliphatic rings. The van der Waals surface area contributed by atoms with E-state index in [1.807, 2.05) is 12.1 Å². The molecule has 0 atom stereocenters. The molecule has 0 radical (unpaired) electrons. The third-order valence-corrected chi connectivity index (χ3v) is 5.74. The minimum absolute atomic E-state index is 0.191. The van der Waals surface area contributed by atoms with Crippen molar-refractivity contribution in [1.82, 2.24) is 4.90 Å². The van der Waals surface area contributed by atoms with Gasteiger partial charge in [0.05, 0.1) is 13.2 Å². The summed E-state index contributed by atoms with van der Waals surface area (Å²) in [6.45, 7) is 10.6. The molecule has 0 spiro atoms. The van der Waals surface area contributed by atoms with E-state index in [1.54, 1.807) is 7.11 Å². The Bertz CT molecular complexity index is 481. The van der Waals surface area contributed by atoms with Crippen LogP contribution in [0.5, 0.6) is 0 Å². The Morgan fingerprint density at radius 3 is 2.40 bits per heavy atom. The standard InChI is InChI=1S/C21H34ClNO2/c1-21(2,19-4-6-20(22)7-5-19)11-14-23-12-8-18(9-13-23)10-15-25-17-16-24-3/h4-7,18H,8-17H2,1-3H3. The molecule has 1 fully saturated rings. The molecular weight excluding hydrogens is 334 g/mol. The first kappa shape index (κ1) is 20.7. The van der Waals surface area contributed by atoms with Crippen molar-refractivity contribution in [2.75, 3.05) is 46.6 Å². The van der Waals surface area contributed by atoms with Crippen molar-refractivity contribution in [3.63, 3.8) is 0 Å². The maximum atomic E-state index is 6.01. The van der Waals surface area contributed by atoms with Crippen LogP contribution in [0.3, 0.4) is 0 Å². The molecule has 25 heavy (non-hydrogen) atoms. The molecule has 4 heteroatoms. The van der Waals surface area contributed by atoms with Crippen LogP contribution in [-0.2, 0) is 14.9 Å². The molecule has 1 aromatic rings. The van der Waals surface area contributed by atoms with Crippen LogP contribution >= 0.6 is 11.6 Å². The molecule has 0 aromatic heterocycles. The van der Waals surface area contributed by atoms with Crippen molar-refractivity contribution in [2.45, 2.75) is 44.9 Å². The molecule has 0 unspecified atom stereocenters. The van der Waals surface area contributed by atoms with Crippen LogP contribution in [0.2, 0.25) is 5.02 Å². The summed E-state index contributed by atoms with van der Waals surface area (Å²) in [5.41, 5.74) is 1.57. The Hall–Kier alpha value is -0.610. The fourth-order valence-electron chi connectivity index (χ4n) is 3.48. The Balaban J connectivity index is 1.65. The molecule has 142 valence electrons. The van der Waals surface area contributed by atoms with Crippen LogP contribution in [0.4, 0.5) is 0 Å². The van der Waals surface area contributed by atoms with E-state index in [4.69, 9.17) is 21.1 Å². The summed E-state index contributed by atoms with van der Waals surface area (Å²) in [4.78, 5) is 2.62. The van der Waals surface area contributed by atoms with E-state index in [0.717, 1.165) is 24.2 Å². The fraction of sp³-hybridized carbons (Fsp3) is 0.714. The zero-order valence-corrected chi connectivity index (χ0v) is 16.9. The van der Waals surface area contributed by atoms with E-state index in [9.17, 15) is 0 Å². The third kappa shape index (κ3) is 7.26. The van der Waals surface area contributed by atoms with Gasteiger partial charge in [-0.25, -0.2) is 0 Å². The van der Waals surface area contributed by atoms with Crippen LogP contribution in [0.15, 0.2) is 24.3 Å². The van der Waals surface area contributed by atoms with Crippen molar-refractivity contribution in [3.8, 4) is 0 Å². The average molecular weight is 368 g/mol. The minimum atomic E-state index is 0.191. The lowest BCUT2D eigenvalue weighted by atomic mass is 9.81. The number of piperidine rings is 1. The van der Waals surface area contributed by atoms with Crippen LogP contribution in [-0.4, -0.2) is 51.5 Å². The highest BCUT2D eigenvalue weighted by Gasteiger charge is 2.24. The van der Waals surface area contributed by atoms with E-state index in [-0.39, 0.29) is 5.41 Å². The van der Waals surface area contributed by atoms with E-state index in [0.29, 0.717) is 6.61 Å². The van der Waals surface area contributed by atoms with Gasteiger partial charge in [-0.2, -0.15) is 0 Å². The first-order valence-corrected chi connectivity index (χ1v) is 9.94. The first-order chi connectivity index (χ1) is 12.0. The van der Waals surface area contributed by atoms with Crippen molar-refractivity contribution >= 4 is 11.6 Å². The Labute approximate surface area is 158 Å². The zero-order chi connectivity index (χ0) is 18.1. The molecule has 0 saturated carbocycles. The van der Waals surface area contributed by atoms with Gasteiger partial charge in [-0.05, 0) is 74.3 Å². The van der Waals surface area contributed by atoms with Gasteiger partial charge >= 0.3 is 0 Å². The van der Waals surface area contributed by atoms with Crippen molar-refractivity contribution in [3.05, 3.63) is 34.9 Å². The molecule has 0 aliphatic carbocycles. The molecule has 0 amide bonds. The largest absolute Gasteiger partial charge is 0.382 e. The lowest BCUT2D eigenvalue weighted by Gasteiger charge is -2.34. The Morgan fingerprint density at radius 1 is 1.08 bits per heavy atom. The SMILES string of the molecule is COCCOCCC1CCN(CCC(C)(C)c2ccc(Cl)cc2)CC1. The Kier molecular flexibility index (Phi) is 8.71. The number of halogens is 1. The number of ether oxygens (including phenoxy) is 2. The summed E-state index contributed by atoms with van der Waals surface area (Å²) >= 11 is 6.01. The summed E-state index contributed by atoms with van der Waals surface area (Å²) < 4.78 is 10.6. The second-order valence-corrected chi connectivity index (χ2v) is 8.26. The highest BCUT2D eigenvalue weighted by molar-refractivity contribution is 6.30. The molecule has 3 nitrogen and oxygen atoms in total. The van der Waals surface area contributed by atoms with E-state index in [1.165, 1.54) is 50.9 Å². The van der Waals surface area contributed by atoms with Gasteiger partial charge in [-0.15, -0.1) is 0 Å². The second kappa shape index (κ2) is 10.5. The minimum Gasteiger partial charge on any atom is -0.382 e. The van der Waals surface area contributed by atoms with Gasteiger partial charge in [0.2, 0.25) is 0 Å². The highest BCUT2D eigenvalue weighted by atomic mass is 35.5. The van der Waals surface area contributed by atoms with Crippen molar-refractivity contribution in [1.29, 1.82) is 0 Å². The van der Waals surface area contributed by atoms with Gasteiger partial charge in [-0.3, -0.25) is 0 Å². The quantitative estimate of drug-likeness (QED) is 0.556. The molecule has 0 bridgehead atoms. The summed E-state index contributed by atoms with van der Waals surface area (Å²) in [5.74, 6) is 0.822. The predicted molar refractivity (Wildman–Crippen MR) is 106 cm³/mol. The first-order valence-electron chi connectivity index (χ1n) is 9.56. The topological polar surface area (TPSA) is 21.7 Å². The molecule has 1 saturated heterocycles.